The fraction of sp³-hybridized carbons (Fsp3) is 0.250. The highest BCUT2D eigenvalue weighted by molar-refractivity contribution is 5.94. The van der Waals surface area contributed by atoms with Gasteiger partial charge in [-0.1, -0.05) is 24.3 Å². The second-order valence-electron chi connectivity index (χ2n) is 6.50. The molecule has 0 N–H and O–H groups in total. The van der Waals surface area contributed by atoms with Crippen molar-refractivity contribution in [2.45, 2.75) is 19.4 Å². The van der Waals surface area contributed by atoms with Gasteiger partial charge in [0.25, 0.3) is 11.5 Å². The smallest absolute Gasteiger partial charge is 0.270 e. The van der Waals surface area contributed by atoms with E-state index in [-0.39, 0.29) is 23.1 Å². The van der Waals surface area contributed by atoms with Gasteiger partial charge in [0.15, 0.2) is 0 Å². The van der Waals surface area contributed by atoms with Crippen LogP contribution in [0.1, 0.15) is 22.3 Å². The number of hydrogen-bond acceptors (Lipinski definition) is 4. The first-order chi connectivity index (χ1) is 12.6. The molecule has 3 aromatic rings. The lowest BCUT2D eigenvalue weighted by atomic mass is 10.2. The summed E-state index contributed by atoms with van der Waals surface area (Å²) >= 11 is 0. The molecule has 3 heterocycles. The number of aryl methyl sites for hydroxylation is 1. The molecular formula is C20H19N3O3. The molecule has 26 heavy (non-hydrogen) atoms. The zero-order chi connectivity index (χ0) is 18.1. The van der Waals surface area contributed by atoms with E-state index in [9.17, 15) is 9.59 Å². The number of likely N-dealkylation sites (tertiary alicyclic amines) is 1. The van der Waals surface area contributed by atoms with Gasteiger partial charge in [0, 0.05) is 25.4 Å². The molecule has 0 aliphatic carbocycles. The second-order valence-corrected chi connectivity index (χ2v) is 6.50. The quantitative estimate of drug-likeness (QED) is 0.728. The Morgan fingerprint density at radius 3 is 2.81 bits per heavy atom. The van der Waals surface area contributed by atoms with Crippen LogP contribution in [0.4, 0.5) is 0 Å². The van der Waals surface area contributed by atoms with Crippen molar-refractivity contribution in [1.82, 2.24) is 14.3 Å². The lowest BCUT2D eigenvalue weighted by Crippen LogP contribution is -2.35. The molecule has 0 spiro atoms. The average molecular weight is 349 g/mol. The minimum Gasteiger partial charge on any atom is -0.489 e. The summed E-state index contributed by atoms with van der Waals surface area (Å²) in [5, 5.41) is 0. The van der Waals surface area contributed by atoms with Crippen molar-refractivity contribution in [3.8, 4) is 5.75 Å². The number of carbonyl (C=O) groups excluding carboxylic acids is 1. The molecular weight excluding hydrogens is 330 g/mol. The molecule has 1 atom stereocenters. The number of hydrogen-bond donors (Lipinski definition) is 0. The molecule has 0 saturated carbocycles. The van der Waals surface area contributed by atoms with Crippen LogP contribution in [0.3, 0.4) is 0 Å². The maximum absolute atomic E-state index is 12.8. The van der Waals surface area contributed by atoms with Gasteiger partial charge in [-0.05, 0) is 30.7 Å². The second kappa shape index (κ2) is 6.63. The normalized spacial score (nSPS) is 16.8. The van der Waals surface area contributed by atoms with E-state index in [1.54, 1.807) is 17.2 Å². The van der Waals surface area contributed by atoms with E-state index < -0.39 is 0 Å². The Hall–Kier alpha value is -3.15. The largest absolute Gasteiger partial charge is 0.489 e. The van der Waals surface area contributed by atoms with Crippen LogP contribution in [-0.2, 0) is 0 Å². The first kappa shape index (κ1) is 16.3. The summed E-state index contributed by atoms with van der Waals surface area (Å²) < 4.78 is 7.34. The number of benzene rings is 1. The third-order valence-corrected chi connectivity index (χ3v) is 4.56. The van der Waals surface area contributed by atoms with Crippen LogP contribution >= 0.6 is 0 Å². The van der Waals surface area contributed by atoms with Crippen molar-refractivity contribution in [2.24, 2.45) is 0 Å². The van der Waals surface area contributed by atoms with E-state index >= 15 is 0 Å². The SMILES string of the molecule is Cc1ccc2ncc(C(=O)N3CC[C@@H](Oc4ccccc4)C3)c(=O)n2c1. The number of ether oxygens (including phenoxy) is 1. The summed E-state index contributed by atoms with van der Waals surface area (Å²) in [4.78, 5) is 31.4. The number of aromatic nitrogens is 2. The van der Waals surface area contributed by atoms with E-state index in [0.717, 1.165) is 17.7 Å². The minimum absolute atomic E-state index is 0.0697. The molecule has 1 aliphatic heterocycles. The third-order valence-electron chi connectivity index (χ3n) is 4.56. The summed E-state index contributed by atoms with van der Waals surface area (Å²) in [7, 11) is 0. The summed E-state index contributed by atoms with van der Waals surface area (Å²) in [5.41, 5.74) is 1.22. The van der Waals surface area contributed by atoms with Crippen molar-refractivity contribution < 1.29 is 9.53 Å². The standard InChI is InChI=1S/C20H19N3O3/c1-14-7-8-18-21-11-17(20(25)23(18)12-14)19(24)22-10-9-16(13-22)26-15-5-3-2-4-6-15/h2-8,11-12,16H,9-10,13H2,1H3/t16-/m1/s1. The first-order valence-corrected chi connectivity index (χ1v) is 8.61. The van der Waals surface area contributed by atoms with Crippen molar-refractivity contribution in [3.05, 3.63) is 76.3 Å². The van der Waals surface area contributed by atoms with Gasteiger partial charge < -0.3 is 9.64 Å². The highest BCUT2D eigenvalue weighted by Gasteiger charge is 2.30. The average Bonchev–Trinajstić information content (AvgIpc) is 3.11. The van der Waals surface area contributed by atoms with Crippen molar-refractivity contribution in [1.29, 1.82) is 0 Å². The summed E-state index contributed by atoms with van der Waals surface area (Å²) in [6, 6.07) is 13.2. The molecule has 6 heteroatoms. The minimum atomic E-state index is -0.337. The Morgan fingerprint density at radius 1 is 1.19 bits per heavy atom. The predicted molar refractivity (Wildman–Crippen MR) is 97.6 cm³/mol. The lowest BCUT2D eigenvalue weighted by molar-refractivity contribution is 0.0770. The number of carbonyl (C=O) groups is 1. The first-order valence-electron chi connectivity index (χ1n) is 8.61. The van der Waals surface area contributed by atoms with Crippen LogP contribution in [-0.4, -0.2) is 39.4 Å². The zero-order valence-electron chi connectivity index (χ0n) is 14.5. The molecule has 0 radical (unpaired) electrons. The monoisotopic (exact) mass is 349 g/mol. The molecule has 0 unspecified atom stereocenters. The van der Waals surface area contributed by atoms with Gasteiger partial charge in [-0.2, -0.15) is 0 Å². The number of rotatable bonds is 3. The molecule has 2 aromatic heterocycles. The predicted octanol–water partition coefficient (Wildman–Crippen LogP) is 2.30. The number of para-hydroxylation sites is 1. The highest BCUT2D eigenvalue weighted by Crippen LogP contribution is 2.19. The van der Waals surface area contributed by atoms with Gasteiger partial charge in [-0.3, -0.25) is 14.0 Å². The molecule has 0 bridgehead atoms. The van der Waals surface area contributed by atoms with E-state index in [2.05, 4.69) is 4.98 Å². The van der Waals surface area contributed by atoms with E-state index in [4.69, 9.17) is 4.74 Å². The number of amides is 1. The van der Waals surface area contributed by atoms with Crippen molar-refractivity contribution in [2.75, 3.05) is 13.1 Å². The Kier molecular flexibility index (Phi) is 4.16. The Balaban J connectivity index is 1.54. The summed E-state index contributed by atoms with van der Waals surface area (Å²) in [6.07, 6.45) is 3.75. The molecule has 1 aliphatic rings. The maximum Gasteiger partial charge on any atom is 0.270 e. The lowest BCUT2D eigenvalue weighted by Gasteiger charge is -2.17. The van der Waals surface area contributed by atoms with Gasteiger partial charge >= 0.3 is 0 Å². The third kappa shape index (κ3) is 3.06. The zero-order valence-corrected chi connectivity index (χ0v) is 14.5. The Labute approximate surface area is 150 Å². The fourth-order valence-corrected chi connectivity index (χ4v) is 3.20. The molecule has 1 saturated heterocycles. The molecule has 6 nitrogen and oxygen atoms in total. The maximum atomic E-state index is 12.8. The molecule has 4 rings (SSSR count). The molecule has 1 amide bonds. The van der Waals surface area contributed by atoms with Gasteiger partial charge in [0.2, 0.25) is 0 Å². The van der Waals surface area contributed by atoms with Crippen molar-refractivity contribution >= 4 is 11.6 Å². The number of nitrogens with zero attached hydrogens (tertiary/aromatic N) is 3. The van der Waals surface area contributed by atoms with Gasteiger partial charge in [0.05, 0.1) is 6.54 Å². The molecule has 1 fully saturated rings. The Morgan fingerprint density at radius 2 is 2.00 bits per heavy atom. The number of fused-ring (bicyclic) bond motifs is 1. The van der Waals surface area contributed by atoms with Gasteiger partial charge in [-0.15, -0.1) is 0 Å². The molecule has 1 aromatic carbocycles. The summed E-state index contributed by atoms with van der Waals surface area (Å²) in [6.45, 7) is 2.92. The molecule has 132 valence electrons. The van der Waals surface area contributed by atoms with Crippen LogP contribution in [0.25, 0.3) is 5.65 Å². The van der Waals surface area contributed by atoms with E-state index in [1.165, 1.54) is 10.6 Å². The number of pyridine rings is 1. The van der Waals surface area contributed by atoms with Crippen LogP contribution in [0.2, 0.25) is 0 Å². The van der Waals surface area contributed by atoms with Gasteiger partial charge in [-0.25, -0.2) is 4.98 Å². The van der Waals surface area contributed by atoms with E-state index in [1.807, 2.05) is 43.3 Å². The fourth-order valence-electron chi connectivity index (χ4n) is 3.20. The van der Waals surface area contributed by atoms with Crippen LogP contribution < -0.4 is 10.3 Å². The van der Waals surface area contributed by atoms with Crippen LogP contribution in [0, 0.1) is 6.92 Å². The topological polar surface area (TPSA) is 63.9 Å². The van der Waals surface area contributed by atoms with Crippen LogP contribution in [0.5, 0.6) is 5.75 Å². The summed E-state index contributed by atoms with van der Waals surface area (Å²) in [5.74, 6) is 0.493. The Bertz CT molecular complexity index is 1010. The van der Waals surface area contributed by atoms with Crippen molar-refractivity contribution in [3.63, 3.8) is 0 Å². The highest BCUT2D eigenvalue weighted by atomic mass is 16.5. The van der Waals surface area contributed by atoms with Gasteiger partial charge in [0.1, 0.15) is 23.1 Å². The van der Waals surface area contributed by atoms with E-state index in [0.29, 0.717) is 18.7 Å². The van der Waals surface area contributed by atoms with Crippen LogP contribution in [0.15, 0.2) is 59.7 Å².